The van der Waals surface area contributed by atoms with Crippen LogP contribution in [0.2, 0.25) is 0 Å². The van der Waals surface area contributed by atoms with Gasteiger partial charge in [-0.05, 0) is 33.0 Å². The lowest BCUT2D eigenvalue weighted by Crippen LogP contribution is -2.54. The van der Waals surface area contributed by atoms with E-state index in [9.17, 15) is 4.39 Å². The maximum absolute atomic E-state index is 14.3. The Morgan fingerprint density at radius 2 is 1.85 bits per heavy atom. The van der Waals surface area contributed by atoms with Gasteiger partial charge >= 0.3 is 0 Å². The molecule has 0 spiro atoms. The van der Waals surface area contributed by atoms with E-state index >= 15 is 0 Å². The summed E-state index contributed by atoms with van der Waals surface area (Å²) in [4.78, 5) is 2.14. The lowest BCUT2D eigenvalue weighted by atomic mass is 9.77. The van der Waals surface area contributed by atoms with Crippen molar-refractivity contribution in [3.8, 4) is 0 Å². The van der Waals surface area contributed by atoms with Gasteiger partial charge in [-0.1, -0.05) is 51.3 Å². The molecule has 0 aliphatic heterocycles. The van der Waals surface area contributed by atoms with Crippen LogP contribution in [0.5, 0.6) is 0 Å². The summed E-state index contributed by atoms with van der Waals surface area (Å²) in [5.74, 6) is -0.186. The van der Waals surface area contributed by atoms with Crippen LogP contribution < -0.4 is 5.73 Å². The first-order valence-corrected chi connectivity index (χ1v) is 7.67. The molecular formula is C17H29FN2. The summed E-state index contributed by atoms with van der Waals surface area (Å²) in [7, 11) is 4.07. The summed E-state index contributed by atoms with van der Waals surface area (Å²) in [5.41, 5.74) is 6.79. The lowest BCUT2D eigenvalue weighted by molar-refractivity contribution is 0.148. The van der Waals surface area contributed by atoms with E-state index in [-0.39, 0.29) is 11.9 Å². The minimum atomic E-state index is -0.624. The Morgan fingerprint density at radius 3 is 2.35 bits per heavy atom. The van der Waals surface area contributed by atoms with Crippen molar-refractivity contribution in [2.24, 2.45) is 5.73 Å². The van der Waals surface area contributed by atoms with Crippen LogP contribution in [-0.2, 0) is 5.54 Å². The van der Waals surface area contributed by atoms with Crippen LogP contribution in [0.1, 0.15) is 51.5 Å². The minimum absolute atomic E-state index is 0.149. The van der Waals surface area contributed by atoms with Crippen molar-refractivity contribution in [2.75, 3.05) is 14.1 Å². The highest BCUT2D eigenvalue weighted by atomic mass is 19.1. The SMILES string of the molecule is CCCCC(N)(c1ccccc1F)C(CCC)N(C)C. The Morgan fingerprint density at radius 1 is 1.20 bits per heavy atom. The van der Waals surface area contributed by atoms with Gasteiger partial charge in [0.15, 0.2) is 0 Å². The summed E-state index contributed by atoms with van der Waals surface area (Å²) >= 11 is 0. The molecular weight excluding hydrogens is 251 g/mol. The topological polar surface area (TPSA) is 29.3 Å². The predicted molar refractivity (Wildman–Crippen MR) is 84.2 cm³/mol. The summed E-state index contributed by atoms with van der Waals surface area (Å²) in [6.45, 7) is 4.30. The number of nitrogens with two attached hydrogens (primary N) is 1. The monoisotopic (exact) mass is 280 g/mol. The van der Waals surface area contributed by atoms with Gasteiger partial charge in [-0.2, -0.15) is 0 Å². The van der Waals surface area contributed by atoms with Crippen LogP contribution in [0.25, 0.3) is 0 Å². The second-order valence-corrected chi connectivity index (χ2v) is 5.89. The van der Waals surface area contributed by atoms with E-state index in [0.717, 1.165) is 32.1 Å². The fourth-order valence-corrected chi connectivity index (χ4v) is 3.04. The molecule has 0 fully saturated rings. The van der Waals surface area contributed by atoms with Gasteiger partial charge in [-0.25, -0.2) is 4.39 Å². The molecule has 2 nitrogen and oxygen atoms in total. The van der Waals surface area contributed by atoms with Crippen LogP contribution in [0.3, 0.4) is 0 Å². The Hall–Kier alpha value is -0.930. The molecule has 2 atom stereocenters. The zero-order valence-electron chi connectivity index (χ0n) is 13.3. The van der Waals surface area contributed by atoms with E-state index in [1.54, 1.807) is 6.07 Å². The van der Waals surface area contributed by atoms with Gasteiger partial charge in [-0.15, -0.1) is 0 Å². The number of unbranched alkanes of at least 4 members (excludes halogenated alkanes) is 1. The third kappa shape index (κ3) is 3.80. The molecule has 0 radical (unpaired) electrons. The fraction of sp³-hybridized carbons (Fsp3) is 0.647. The van der Waals surface area contributed by atoms with Gasteiger partial charge in [0, 0.05) is 11.6 Å². The zero-order valence-corrected chi connectivity index (χ0v) is 13.3. The standard InChI is InChI=1S/C17H29FN2/c1-5-7-13-17(19,16(10-6-2)20(3)4)14-11-8-9-12-15(14)18/h8-9,11-12,16H,5-7,10,13,19H2,1-4H3. The van der Waals surface area contributed by atoms with E-state index in [0.29, 0.717) is 5.56 Å². The molecule has 2 N–H and O–H groups in total. The van der Waals surface area contributed by atoms with Crippen LogP contribution in [0.15, 0.2) is 24.3 Å². The van der Waals surface area contributed by atoms with Crippen molar-refractivity contribution in [2.45, 2.75) is 57.5 Å². The van der Waals surface area contributed by atoms with Crippen molar-refractivity contribution < 1.29 is 4.39 Å². The van der Waals surface area contributed by atoms with Crippen molar-refractivity contribution in [1.29, 1.82) is 0 Å². The normalized spacial score (nSPS) is 16.1. The average Bonchev–Trinajstić information content (AvgIpc) is 2.42. The van der Waals surface area contributed by atoms with Gasteiger partial charge in [-0.3, -0.25) is 0 Å². The summed E-state index contributed by atoms with van der Waals surface area (Å²) in [6.07, 6.45) is 4.91. The van der Waals surface area contributed by atoms with Crippen molar-refractivity contribution in [1.82, 2.24) is 4.90 Å². The van der Waals surface area contributed by atoms with Crippen molar-refractivity contribution in [3.05, 3.63) is 35.6 Å². The van der Waals surface area contributed by atoms with Crippen LogP contribution in [0.4, 0.5) is 4.39 Å². The third-order valence-electron chi connectivity index (χ3n) is 4.10. The number of hydrogen-bond donors (Lipinski definition) is 1. The summed E-state index contributed by atoms with van der Waals surface area (Å²) < 4.78 is 14.3. The lowest BCUT2D eigenvalue weighted by Gasteiger charge is -2.42. The Labute approximate surface area is 123 Å². The largest absolute Gasteiger partial charge is 0.320 e. The quantitative estimate of drug-likeness (QED) is 0.782. The molecule has 114 valence electrons. The first-order chi connectivity index (χ1) is 9.47. The molecule has 1 aromatic carbocycles. The Balaban J connectivity index is 3.23. The van der Waals surface area contributed by atoms with Gasteiger partial charge in [0.1, 0.15) is 5.82 Å². The summed E-state index contributed by atoms with van der Waals surface area (Å²) in [6, 6.07) is 7.11. The summed E-state index contributed by atoms with van der Waals surface area (Å²) in [5, 5.41) is 0. The van der Waals surface area contributed by atoms with Gasteiger partial charge in [0.25, 0.3) is 0 Å². The van der Waals surface area contributed by atoms with Crippen molar-refractivity contribution in [3.63, 3.8) is 0 Å². The molecule has 2 unspecified atom stereocenters. The maximum Gasteiger partial charge on any atom is 0.128 e. The highest BCUT2D eigenvalue weighted by Gasteiger charge is 2.38. The second-order valence-electron chi connectivity index (χ2n) is 5.89. The first-order valence-electron chi connectivity index (χ1n) is 7.67. The molecule has 0 aliphatic rings. The molecule has 1 aromatic rings. The number of likely N-dealkylation sites (N-methyl/N-ethyl adjacent to an activating group) is 1. The molecule has 0 aromatic heterocycles. The maximum atomic E-state index is 14.3. The second kappa shape index (κ2) is 7.75. The molecule has 0 amide bonds. The van der Waals surface area contributed by atoms with E-state index in [4.69, 9.17) is 5.73 Å². The molecule has 0 saturated carbocycles. The zero-order chi connectivity index (χ0) is 15.2. The smallest absolute Gasteiger partial charge is 0.128 e. The Kier molecular flexibility index (Phi) is 6.63. The van der Waals surface area contributed by atoms with Crippen molar-refractivity contribution >= 4 is 0 Å². The minimum Gasteiger partial charge on any atom is -0.320 e. The number of nitrogens with zero attached hydrogens (tertiary/aromatic N) is 1. The van der Waals surface area contributed by atoms with Crippen LogP contribution in [-0.4, -0.2) is 25.0 Å². The Bertz CT molecular complexity index is 406. The van der Waals surface area contributed by atoms with Gasteiger partial charge in [0.05, 0.1) is 5.54 Å². The number of rotatable bonds is 8. The molecule has 0 saturated heterocycles. The van der Waals surface area contributed by atoms with Gasteiger partial charge in [0.2, 0.25) is 0 Å². The highest BCUT2D eigenvalue weighted by Crippen LogP contribution is 2.34. The van der Waals surface area contributed by atoms with E-state index in [1.807, 2.05) is 26.2 Å². The number of benzene rings is 1. The average molecular weight is 280 g/mol. The van der Waals surface area contributed by atoms with E-state index in [1.165, 1.54) is 6.07 Å². The molecule has 3 heteroatoms. The van der Waals surface area contributed by atoms with E-state index in [2.05, 4.69) is 18.7 Å². The number of halogens is 1. The molecule has 1 rings (SSSR count). The highest BCUT2D eigenvalue weighted by molar-refractivity contribution is 5.28. The molecule has 20 heavy (non-hydrogen) atoms. The third-order valence-corrected chi connectivity index (χ3v) is 4.10. The van der Waals surface area contributed by atoms with Gasteiger partial charge < -0.3 is 10.6 Å². The molecule has 0 heterocycles. The van der Waals surface area contributed by atoms with Crippen LogP contribution >= 0.6 is 0 Å². The number of hydrogen-bond acceptors (Lipinski definition) is 2. The fourth-order valence-electron chi connectivity index (χ4n) is 3.04. The predicted octanol–water partition coefficient (Wildman–Crippen LogP) is 3.90. The van der Waals surface area contributed by atoms with Crippen LogP contribution in [0, 0.1) is 5.82 Å². The molecule has 0 aliphatic carbocycles. The first kappa shape index (κ1) is 17.1. The molecule has 0 bridgehead atoms. The van der Waals surface area contributed by atoms with E-state index < -0.39 is 5.54 Å².